The number of aryl methyl sites for hydroxylation is 2. The molecule has 264 valence electrons. The number of benzene rings is 4. The number of rotatable bonds is 11. The maximum absolute atomic E-state index is 15.7. The molecule has 51 heavy (non-hydrogen) atoms. The zero-order valence-electron chi connectivity index (χ0n) is 26.6. The summed E-state index contributed by atoms with van der Waals surface area (Å²) in [7, 11) is -5.41. The Bertz CT molecular complexity index is 2440. The largest absolute Gasteiger partial charge is 0.494 e. The van der Waals surface area contributed by atoms with Crippen molar-refractivity contribution >= 4 is 60.5 Å². The summed E-state index contributed by atoms with van der Waals surface area (Å²) in [4.78, 5) is 74.5. The first kappa shape index (κ1) is 35.5. The van der Waals surface area contributed by atoms with Gasteiger partial charge < -0.3 is 49.6 Å². The Hall–Kier alpha value is -5.28. The van der Waals surface area contributed by atoms with E-state index in [-0.39, 0.29) is 80.3 Å². The van der Waals surface area contributed by atoms with Gasteiger partial charge in [-0.15, -0.1) is 0 Å². The summed E-state index contributed by atoms with van der Waals surface area (Å²) in [6, 6.07) is 12.5. The van der Waals surface area contributed by atoms with Crippen LogP contribution in [0.1, 0.15) is 20.7 Å². The Morgan fingerprint density at radius 3 is 1.65 bits per heavy atom. The summed E-state index contributed by atoms with van der Waals surface area (Å²) in [6.45, 7) is -0.347. The van der Waals surface area contributed by atoms with Crippen LogP contribution in [0.2, 0.25) is 0 Å². The average Bonchev–Trinajstić information content (AvgIpc) is 3.63. The highest BCUT2D eigenvalue weighted by Crippen LogP contribution is 2.41. The molecule has 15 nitrogen and oxygen atoms in total. The number of methoxy groups -OCH3 is 2. The van der Waals surface area contributed by atoms with Crippen LogP contribution in [0.5, 0.6) is 11.5 Å². The molecule has 0 saturated heterocycles. The van der Waals surface area contributed by atoms with Crippen LogP contribution in [0, 0.1) is 11.6 Å². The molecule has 19 heteroatoms. The molecule has 6 aromatic rings. The first-order valence-electron chi connectivity index (χ1n) is 14.7. The number of nitrogens with two attached hydrogens (primary N) is 2. The third-order valence-corrected chi connectivity index (χ3v) is 10.00. The summed E-state index contributed by atoms with van der Waals surface area (Å²) < 4.78 is 57.7. The highest BCUT2D eigenvalue weighted by Gasteiger charge is 2.31. The molecule has 0 spiro atoms. The Morgan fingerprint density at radius 1 is 0.765 bits per heavy atom. The van der Waals surface area contributed by atoms with E-state index in [2.05, 4.69) is 9.97 Å². The minimum absolute atomic E-state index is 0.00906. The van der Waals surface area contributed by atoms with Gasteiger partial charge in [0.25, 0.3) is 11.8 Å². The van der Waals surface area contributed by atoms with Crippen LogP contribution in [-0.4, -0.2) is 64.7 Å². The number of aromatic nitrogens is 4. The third kappa shape index (κ3) is 6.09. The lowest BCUT2D eigenvalue weighted by Crippen LogP contribution is -2.16. The minimum atomic E-state index is -5.10. The van der Waals surface area contributed by atoms with Crippen molar-refractivity contribution in [2.45, 2.75) is 13.1 Å². The standard InChI is InChI=1S/C32H28F2N6O9P2/c1-48-27-15(29(35)41)9-11-19-25(27)37-31(23-17(33)5-3-7-21(23)50(43)44)39(19)13-14-40-20-12-10-16(30(36)42)28(49-2)26(20)38-32(40)24-18(34)6-4-8-22(24)51(45,46)47/h3-12,43-44H,13-14H2,1-2H3,(H2,35,41)(H2,36,42)(H2,45,46,47). The number of nitrogens with zero attached hydrogens (tertiary/aromatic N) is 4. The molecule has 2 aromatic heterocycles. The van der Waals surface area contributed by atoms with Gasteiger partial charge in [-0.2, -0.15) is 0 Å². The molecule has 0 atom stereocenters. The Labute approximate surface area is 287 Å². The Balaban J connectivity index is 1.66. The molecule has 2 amide bonds. The zero-order chi connectivity index (χ0) is 36.9. The van der Waals surface area contributed by atoms with E-state index in [0.717, 1.165) is 24.3 Å². The third-order valence-electron chi connectivity index (χ3n) is 8.19. The monoisotopic (exact) mass is 740 g/mol. The van der Waals surface area contributed by atoms with Crippen LogP contribution < -0.4 is 31.6 Å². The van der Waals surface area contributed by atoms with Gasteiger partial charge in [-0.3, -0.25) is 14.2 Å². The molecule has 0 fully saturated rings. The number of carbonyl (C=O) groups excluding carboxylic acids is 2. The molecule has 0 radical (unpaired) electrons. The second-order valence-corrected chi connectivity index (χ2v) is 13.7. The van der Waals surface area contributed by atoms with Crippen molar-refractivity contribution in [2.75, 3.05) is 14.2 Å². The second-order valence-electron chi connectivity index (χ2n) is 11.0. The number of amides is 2. The molecule has 0 aliphatic carbocycles. The van der Waals surface area contributed by atoms with E-state index >= 15 is 8.78 Å². The van der Waals surface area contributed by atoms with Crippen LogP contribution >= 0.6 is 16.0 Å². The summed E-state index contributed by atoms with van der Waals surface area (Å²) in [5, 5.41) is -0.841. The number of primary amides is 2. The number of imidazole rings is 2. The summed E-state index contributed by atoms with van der Waals surface area (Å²) in [5.41, 5.74) is 10.8. The van der Waals surface area contributed by atoms with E-state index in [4.69, 9.17) is 20.9 Å². The Kier molecular flexibility index (Phi) is 9.37. The van der Waals surface area contributed by atoms with Crippen molar-refractivity contribution in [3.63, 3.8) is 0 Å². The van der Waals surface area contributed by atoms with E-state index in [0.29, 0.717) is 0 Å². The highest BCUT2D eigenvalue weighted by molar-refractivity contribution is 7.60. The molecule has 4 aromatic carbocycles. The predicted octanol–water partition coefficient (Wildman–Crippen LogP) is 2.64. The van der Waals surface area contributed by atoms with Gasteiger partial charge >= 0.3 is 7.60 Å². The van der Waals surface area contributed by atoms with Crippen molar-refractivity contribution in [3.05, 3.63) is 83.4 Å². The van der Waals surface area contributed by atoms with Crippen LogP contribution in [0.25, 0.3) is 44.8 Å². The smallest absolute Gasteiger partial charge is 0.357 e. The topological polar surface area (TPSA) is 238 Å². The highest BCUT2D eigenvalue weighted by atomic mass is 31.2. The molecule has 0 unspecified atom stereocenters. The SMILES string of the molecule is COc1c(C(N)=O)ccc2c1nc(-c1c(F)cccc1P(O)O)n2CCn1c(-c2c(F)cccc2P(=O)(O)O)nc2c(OC)c(C(N)=O)ccc21. The fraction of sp³-hybridized carbons (Fsp3) is 0.125. The summed E-state index contributed by atoms with van der Waals surface area (Å²) in [6.07, 6.45) is 0. The fourth-order valence-corrected chi connectivity index (χ4v) is 7.45. The van der Waals surface area contributed by atoms with Gasteiger partial charge in [0.05, 0.1) is 52.8 Å². The second kappa shape index (κ2) is 13.5. The minimum Gasteiger partial charge on any atom is -0.494 e. The van der Waals surface area contributed by atoms with E-state index < -0.39 is 50.3 Å². The van der Waals surface area contributed by atoms with E-state index in [1.165, 1.54) is 59.8 Å². The average molecular weight is 741 g/mol. The fourth-order valence-electron chi connectivity index (χ4n) is 6.05. The maximum Gasteiger partial charge on any atom is 0.357 e. The van der Waals surface area contributed by atoms with Crippen molar-refractivity contribution in [1.82, 2.24) is 19.1 Å². The molecule has 2 heterocycles. The lowest BCUT2D eigenvalue weighted by molar-refractivity contribution is 0.0989. The van der Waals surface area contributed by atoms with Crippen molar-refractivity contribution in [2.24, 2.45) is 11.5 Å². The number of hydrogen-bond donors (Lipinski definition) is 6. The van der Waals surface area contributed by atoms with Crippen molar-refractivity contribution < 1.29 is 52.0 Å². The van der Waals surface area contributed by atoms with Gasteiger partial charge in [-0.25, -0.2) is 18.7 Å². The number of carbonyl (C=O) groups is 2. The Morgan fingerprint density at radius 2 is 1.22 bits per heavy atom. The molecule has 8 N–H and O–H groups in total. The van der Waals surface area contributed by atoms with Crippen LogP contribution in [0.15, 0.2) is 60.7 Å². The van der Waals surface area contributed by atoms with Crippen molar-refractivity contribution in [1.29, 1.82) is 0 Å². The number of halogens is 2. The van der Waals surface area contributed by atoms with Gasteiger partial charge in [0.15, 0.2) is 19.9 Å². The molecular weight excluding hydrogens is 712 g/mol. The van der Waals surface area contributed by atoms with E-state index in [1.807, 2.05) is 0 Å². The number of hydrogen-bond acceptors (Lipinski definition) is 9. The molecule has 0 aliphatic heterocycles. The molecule has 6 rings (SSSR count). The lowest BCUT2D eigenvalue weighted by Gasteiger charge is -2.17. The quantitative estimate of drug-likeness (QED) is 0.106. The first-order valence-corrected chi connectivity index (χ1v) is 17.6. The van der Waals surface area contributed by atoms with Gasteiger partial charge in [-0.05, 0) is 48.5 Å². The van der Waals surface area contributed by atoms with Gasteiger partial charge in [-0.1, -0.05) is 12.1 Å². The van der Waals surface area contributed by atoms with Crippen LogP contribution in [0.4, 0.5) is 8.78 Å². The normalized spacial score (nSPS) is 11.9. The van der Waals surface area contributed by atoms with Crippen LogP contribution in [0.3, 0.4) is 0 Å². The first-order chi connectivity index (χ1) is 24.2. The summed E-state index contributed by atoms with van der Waals surface area (Å²) >= 11 is 0. The van der Waals surface area contributed by atoms with Crippen molar-refractivity contribution in [3.8, 4) is 34.3 Å². The molecular formula is C32H28F2N6O9P2. The van der Waals surface area contributed by atoms with E-state index in [9.17, 15) is 33.7 Å². The van der Waals surface area contributed by atoms with Gasteiger partial charge in [0.2, 0.25) is 0 Å². The van der Waals surface area contributed by atoms with Gasteiger partial charge in [0.1, 0.15) is 34.3 Å². The summed E-state index contributed by atoms with van der Waals surface area (Å²) in [5.74, 6) is -4.08. The number of fused-ring (bicyclic) bond motifs is 2. The van der Waals surface area contributed by atoms with E-state index in [1.54, 1.807) is 0 Å². The molecule has 0 aliphatic rings. The predicted molar refractivity (Wildman–Crippen MR) is 183 cm³/mol. The number of ether oxygens (including phenoxy) is 2. The lowest BCUT2D eigenvalue weighted by atomic mass is 10.1. The molecule has 0 saturated carbocycles. The zero-order valence-corrected chi connectivity index (χ0v) is 28.4. The van der Waals surface area contributed by atoms with Gasteiger partial charge in [0, 0.05) is 18.4 Å². The van der Waals surface area contributed by atoms with Crippen LogP contribution in [-0.2, 0) is 17.7 Å². The molecule has 0 bridgehead atoms. The maximum atomic E-state index is 15.7.